The van der Waals surface area contributed by atoms with Gasteiger partial charge in [0.25, 0.3) is 0 Å². The van der Waals surface area contributed by atoms with Crippen molar-refractivity contribution >= 4 is 17.5 Å². The number of amides is 2. The van der Waals surface area contributed by atoms with Crippen LogP contribution in [0, 0.1) is 0 Å². The number of benzene rings is 1. The molecule has 0 saturated heterocycles. The Balaban J connectivity index is 2.10. The molecule has 1 aromatic rings. The van der Waals surface area contributed by atoms with Crippen LogP contribution in [-0.4, -0.2) is 35.8 Å². The van der Waals surface area contributed by atoms with E-state index >= 15 is 0 Å². The lowest BCUT2D eigenvalue weighted by atomic mass is 10.1. The Bertz CT molecular complexity index is 512. The first-order valence-corrected chi connectivity index (χ1v) is 7.03. The summed E-state index contributed by atoms with van der Waals surface area (Å²) in [7, 11) is 0. The van der Waals surface area contributed by atoms with E-state index in [2.05, 4.69) is 10.6 Å². The van der Waals surface area contributed by atoms with Crippen LogP contribution in [0.15, 0.2) is 24.3 Å². The Kier molecular flexibility index (Phi) is 4.39. The van der Waals surface area contributed by atoms with Gasteiger partial charge in [-0.2, -0.15) is 0 Å². The van der Waals surface area contributed by atoms with E-state index in [-0.39, 0.29) is 11.8 Å². The molecule has 5 heteroatoms. The highest BCUT2D eigenvalue weighted by molar-refractivity contribution is 6.02. The first-order chi connectivity index (χ1) is 9.58. The third-order valence-corrected chi connectivity index (χ3v) is 3.65. The summed E-state index contributed by atoms with van der Waals surface area (Å²) in [6.45, 7) is 7.05. The molecule has 0 spiro atoms. The van der Waals surface area contributed by atoms with Crippen molar-refractivity contribution in [2.24, 2.45) is 0 Å². The van der Waals surface area contributed by atoms with Crippen LogP contribution in [0.4, 0.5) is 5.69 Å². The molecule has 20 heavy (non-hydrogen) atoms. The second-order valence-electron chi connectivity index (χ2n) is 4.91. The summed E-state index contributed by atoms with van der Waals surface area (Å²) in [5.41, 5.74) is 1.72. The minimum absolute atomic E-state index is 0.0205. The molecule has 1 aliphatic heterocycles. The second-order valence-corrected chi connectivity index (χ2v) is 4.91. The topological polar surface area (TPSA) is 61.4 Å². The van der Waals surface area contributed by atoms with Crippen molar-refractivity contribution in [2.75, 3.05) is 18.4 Å². The van der Waals surface area contributed by atoms with Crippen LogP contribution in [0.1, 0.15) is 32.4 Å². The van der Waals surface area contributed by atoms with E-state index in [0.717, 1.165) is 11.3 Å². The molecule has 1 aromatic carbocycles. The number of fused-ring (bicyclic) bond motifs is 1. The minimum atomic E-state index is -0.458. The third kappa shape index (κ3) is 2.67. The number of rotatable bonds is 5. The second kappa shape index (κ2) is 6.05. The highest BCUT2D eigenvalue weighted by Crippen LogP contribution is 2.30. The summed E-state index contributed by atoms with van der Waals surface area (Å²) in [5.74, 6) is -0.0856. The normalized spacial score (nSPS) is 18.4. The van der Waals surface area contributed by atoms with E-state index in [4.69, 9.17) is 0 Å². The molecule has 5 nitrogen and oxygen atoms in total. The maximum absolute atomic E-state index is 12.2. The van der Waals surface area contributed by atoms with Crippen LogP contribution < -0.4 is 10.6 Å². The lowest BCUT2D eigenvalue weighted by Crippen LogP contribution is -2.47. The van der Waals surface area contributed by atoms with Gasteiger partial charge in [0, 0.05) is 24.3 Å². The Labute approximate surface area is 119 Å². The molecule has 0 bridgehead atoms. The summed E-state index contributed by atoms with van der Waals surface area (Å²) in [6.07, 6.45) is 0. The molecule has 0 aliphatic carbocycles. The van der Waals surface area contributed by atoms with Gasteiger partial charge >= 0.3 is 0 Å². The van der Waals surface area contributed by atoms with E-state index in [0.29, 0.717) is 13.1 Å². The Morgan fingerprint density at radius 2 is 2.00 bits per heavy atom. The van der Waals surface area contributed by atoms with Gasteiger partial charge in [0.1, 0.15) is 6.04 Å². The number of likely N-dealkylation sites (N-methyl/N-ethyl adjacent to an activating group) is 1. The molecule has 2 N–H and O–H groups in total. The van der Waals surface area contributed by atoms with Crippen LogP contribution in [0.3, 0.4) is 0 Å². The highest BCUT2D eigenvalue weighted by atomic mass is 16.2. The van der Waals surface area contributed by atoms with Crippen molar-refractivity contribution in [3.05, 3.63) is 29.8 Å². The smallest absolute Gasteiger partial charge is 0.246 e. The Morgan fingerprint density at radius 1 is 1.35 bits per heavy atom. The number of anilines is 1. The number of carbonyl (C=O) groups is 2. The average molecular weight is 275 g/mol. The molecule has 0 aromatic heterocycles. The highest BCUT2D eigenvalue weighted by Gasteiger charge is 2.32. The number of nitrogens with one attached hydrogen (secondary N) is 2. The molecule has 0 fully saturated rings. The van der Waals surface area contributed by atoms with Gasteiger partial charge in [0.2, 0.25) is 11.8 Å². The maximum atomic E-state index is 12.2. The van der Waals surface area contributed by atoms with Crippen molar-refractivity contribution in [2.45, 2.75) is 32.9 Å². The summed E-state index contributed by atoms with van der Waals surface area (Å²) < 4.78 is 0. The van der Waals surface area contributed by atoms with Crippen molar-refractivity contribution < 1.29 is 9.59 Å². The number of para-hydroxylation sites is 1. The lowest BCUT2D eigenvalue weighted by Gasteiger charge is -2.25. The van der Waals surface area contributed by atoms with Gasteiger partial charge in [0.15, 0.2) is 0 Å². The number of carbonyl (C=O) groups excluding carboxylic acids is 2. The number of hydrogen-bond acceptors (Lipinski definition) is 3. The van der Waals surface area contributed by atoms with Gasteiger partial charge in [-0.15, -0.1) is 0 Å². The predicted molar refractivity (Wildman–Crippen MR) is 78.3 cm³/mol. The van der Waals surface area contributed by atoms with Crippen LogP contribution in [0.25, 0.3) is 0 Å². The fraction of sp³-hybridized carbons (Fsp3) is 0.467. The van der Waals surface area contributed by atoms with Crippen molar-refractivity contribution in [1.82, 2.24) is 10.2 Å². The quantitative estimate of drug-likeness (QED) is 0.856. The zero-order valence-electron chi connectivity index (χ0n) is 12.1. The fourth-order valence-corrected chi connectivity index (χ4v) is 2.50. The molecule has 2 amide bonds. The van der Waals surface area contributed by atoms with Crippen molar-refractivity contribution in [3.63, 3.8) is 0 Å². The van der Waals surface area contributed by atoms with E-state index < -0.39 is 12.1 Å². The van der Waals surface area contributed by atoms with Crippen LogP contribution in [0.2, 0.25) is 0 Å². The standard InChI is InChI=1S/C15H21N3O2/c1-4-18(5-2)15(20)10(3)16-13-11-8-6-7-9-12(11)17-14(13)19/h6-10,13,16H,4-5H2,1-3H3,(H,17,19). The molecular weight excluding hydrogens is 254 g/mol. The van der Waals surface area contributed by atoms with Gasteiger partial charge in [0.05, 0.1) is 6.04 Å². The number of hydrogen-bond donors (Lipinski definition) is 2. The van der Waals surface area contributed by atoms with Crippen LogP contribution >= 0.6 is 0 Å². The number of nitrogens with zero attached hydrogens (tertiary/aromatic N) is 1. The lowest BCUT2D eigenvalue weighted by molar-refractivity contribution is -0.133. The molecule has 2 unspecified atom stereocenters. The van der Waals surface area contributed by atoms with Crippen LogP contribution in [-0.2, 0) is 9.59 Å². The third-order valence-electron chi connectivity index (χ3n) is 3.65. The van der Waals surface area contributed by atoms with Crippen LogP contribution in [0.5, 0.6) is 0 Å². The minimum Gasteiger partial charge on any atom is -0.342 e. The molecule has 0 radical (unpaired) electrons. The molecule has 0 saturated carbocycles. The monoisotopic (exact) mass is 275 g/mol. The van der Waals surface area contributed by atoms with Crippen molar-refractivity contribution in [3.8, 4) is 0 Å². The molecule has 2 rings (SSSR count). The first kappa shape index (κ1) is 14.5. The zero-order valence-corrected chi connectivity index (χ0v) is 12.1. The van der Waals surface area contributed by atoms with Gasteiger partial charge in [-0.25, -0.2) is 0 Å². The average Bonchev–Trinajstić information content (AvgIpc) is 2.76. The molecular formula is C15H21N3O2. The van der Waals surface area contributed by atoms with Gasteiger partial charge < -0.3 is 10.2 Å². The summed E-state index contributed by atoms with van der Waals surface area (Å²) in [4.78, 5) is 26.0. The van der Waals surface area contributed by atoms with Gasteiger partial charge in [-0.3, -0.25) is 14.9 Å². The molecule has 2 atom stereocenters. The van der Waals surface area contributed by atoms with E-state index in [9.17, 15) is 9.59 Å². The van der Waals surface area contributed by atoms with E-state index in [1.165, 1.54) is 0 Å². The maximum Gasteiger partial charge on any atom is 0.246 e. The Morgan fingerprint density at radius 3 is 2.65 bits per heavy atom. The SMILES string of the molecule is CCN(CC)C(=O)C(C)NC1C(=O)Nc2ccccc21. The summed E-state index contributed by atoms with van der Waals surface area (Å²) >= 11 is 0. The molecule has 1 aliphatic rings. The summed E-state index contributed by atoms with van der Waals surface area (Å²) in [5, 5.41) is 5.95. The van der Waals surface area contributed by atoms with E-state index in [1.807, 2.05) is 38.1 Å². The molecule has 108 valence electrons. The van der Waals surface area contributed by atoms with Crippen molar-refractivity contribution in [1.29, 1.82) is 0 Å². The van der Waals surface area contributed by atoms with Gasteiger partial charge in [-0.1, -0.05) is 18.2 Å². The van der Waals surface area contributed by atoms with Gasteiger partial charge in [-0.05, 0) is 26.8 Å². The predicted octanol–water partition coefficient (Wildman–Crippen LogP) is 1.53. The Hall–Kier alpha value is -1.88. The largest absolute Gasteiger partial charge is 0.342 e. The molecule has 1 heterocycles. The summed E-state index contributed by atoms with van der Waals surface area (Å²) in [6, 6.07) is 6.69. The fourth-order valence-electron chi connectivity index (χ4n) is 2.50. The zero-order chi connectivity index (χ0) is 14.7. The van der Waals surface area contributed by atoms with E-state index in [1.54, 1.807) is 11.8 Å². The first-order valence-electron chi connectivity index (χ1n) is 7.03.